The number of aromatic hydroxyl groups is 1. The van der Waals surface area contributed by atoms with Crippen LogP contribution in [0.5, 0.6) is 5.75 Å². The third-order valence-electron chi connectivity index (χ3n) is 4.45. The number of thiocarbonyl (C=S) groups is 1. The molecule has 0 aromatic heterocycles. The third-order valence-corrected chi connectivity index (χ3v) is 4.99. The summed E-state index contributed by atoms with van der Waals surface area (Å²) >= 11 is 11.6. The Labute approximate surface area is 171 Å². The Morgan fingerprint density at radius 1 is 0.893 bits per heavy atom. The Bertz CT molecular complexity index is 1240. The van der Waals surface area contributed by atoms with E-state index in [1.807, 2.05) is 36.4 Å². The van der Waals surface area contributed by atoms with Crippen LogP contribution in [0.2, 0.25) is 5.02 Å². The molecular weight excluding hydrogens is 392 g/mol. The van der Waals surface area contributed by atoms with Crippen molar-refractivity contribution >= 4 is 62.1 Å². The van der Waals surface area contributed by atoms with Gasteiger partial charge in [0.25, 0.3) is 5.91 Å². The van der Waals surface area contributed by atoms with Gasteiger partial charge in [0.05, 0.1) is 0 Å². The van der Waals surface area contributed by atoms with Gasteiger partial charge in [0.2, 0.25) is 0 Å². The Balaban J connectivity index is 1.58. The zero-order chi connectivity index (χ0) is 19.7. The number of amides is 1. The lowest BCUT2D eigenvalue weighted by atomic mass is 10.0. The largest absolute Gasteiger partial charge is 0.508 e. The minimum absolute atomic E-state index is 0.185. The maximum absolute atomic E-state index is 12.8. The summed E-state index contributed by atoms with van der Waals surface area (Å²) < 4.78 is 0. The van der Waals surface area contributed by atoms with E-state index in [0.717, 1.165) is 27.2 Å². The van der Waals surface area contributed by atoms with Crippen molar-refractivity contribution in [1.82, 2.24) is 5.32 Å². The van der Waals surface area contributed by atoms with Gasteiger partial charge < -0.3 is 10.4 Å². The molecule has 0 radical (unpaired) electrons. The van der Waals surface area contributed by atoms with E-state index < -0.39 is 0 Å². The molecule has 138 valence electrons. The van der Waals surface area contributed by atoms with Crippen LogP contribution >= 0.6 is 23.8 Å². The molecule has 0 aliphatic rings. The predicted molar refractivity (Wildman–Crippen MR) is 118 cm³/mol. The van der Waals surface area contributed by atoms with Crippen molar-refractivity contribution in [3.8, 4) is 5.75 Å². The van der Waals surface area contributed by atoms with Crippen LogP contribution in [-0.2, 0) is 0 Å². The Hall–Kier alpha value is -3.15. The smallest absolute Gasteiger partial charge is 0.258 e. The van der Waals surface area contributed by atoms with Crippen LogP contribution in [0.15, 0.2) is 72.8 Å². The number of phenolic OH excluding ortho intramolecular Hbond substituents is 1. The van der Waals surface area contributed by atoms with Gasteiger partial charge in [0, 0.05) is 27.0 Å². The van der Waals surface area contributed by atoms with Crippen LogP contribution in [0.3, 0.4) is 0 Å². The number of carbonyl (C=O) groups is 1. The number of phenols is 1. The number of nitrogens with one attached hydrogen (secondary N) is 2. The van der Waals surface area contributed by atoms with E-state index in [1.165, 1.54) is 0 Å². The zero-order valence-corrected chi connectivity index (χ0v) is 16.1. The minimum Gasteiger partial charge on any atom is -0.508 e. The summed E-state index contributed by atoms with van der Waals surface area (Å²) in [7, 11) is 0. The molecule has 0 atom stereocenters. The standard InChI is InChI=1S/C22H15ClN2O2S/c23-19-8-3-5-16-17(19)6-2-7-18(16)21(27)25-22(28)24-20-9-1-4-13-12-14(26)10-11-15(13)20/h1-12,26H,(H2,24,25,27,28). The maximum Gasteiger partial charge on any atom is 0.258 e. The van der Waals surface area contributed by atoms with Crippen molar-refractivity contribution in [2.45, 2.75) is 0 Å². The number of hydrogen-bond acceptors (Lipinski definition) is 3. The van der Waals surface area contributed by atoms with Gasteiger partial charge in [-0.25, -0.2) is 0 Å². The van der Waals surface area contributed by atoms with Crippen LogP contribution in [0.1, 0.15) is 10.4 Å². The summed E-state index contributed by atoms with van der Waals surface area (Å²) in [6.07, 6.45) is 0. The van der Waals surface area contributed by atoms with E-state index in [-0.39, 0.29) is 16.8 Å². The second kappa shape index (κ2) is 7.46. The van der Waals surface area contributed by atoms with Gasteiger partial charge in [-0.15, -0.1) is 0 Å². The van der Waals surface area contributed by atoms with Gasteiger partial charge in [-0.3, -0.25) is 10.1 Å². The van der Waals surface area contributed by atoms with Crippen LogP contribution in [0, 0.1) is 0 Å². The second-order valence-electron chi connectivity index (χ2n) is 6.26. The molecule has 4 aromatic carbocycles. The Morgan fingerprint density at radius 2 is 1.64 bits per heavy atom. The number of carbonyl (C=O) groups excluding carboxylic acids is 1. The van der Waals surface area contributed by atoms with E-state index in [2.05, 4.69) is 10.6 Å². The molecule has 0 unspecified atom stereocenters. The number of benzene rings is 4. The number of halogens is 1. The summed E-state index contributed by atoms with van der Waals surface area (Å²) in [6.45, 7) is 0. The van der Waals surface area contributed by atoms with E-state index >= 15 is 0 Å². The highest BCUT2D eigenvalue weighted by Crippen LogP contribution is 2.27. The van der Waals surface area contributed by atoms with Crippen molar-refractivity contribution in [3.05, 3.63) is 83.4 Å². The normalized spacial score (nSPS) is 10.8. The van der Waals surface area contributed by atoms with Gasteiger partial charge in [0.15, 0.2) is 5.11 Å². The summed E-state index contributed by atoms with van der Waals surface area (Å²) in [5, 5.41) is 19.5. The number of hydrogen-bond donors (Lipinski definition) is 3. The molecule has 0 heterocycles. The molecule has 6 heteroatoms. The van der Waals surface area contributed by atoms with Crippen molar-refractivity contribution in [2.24, 2.45) is 0 Å². The van der Waals surface area contributed by atoms with Gasteiger partial charge in [-0.2, -0.15) is 0 Å². The number of fused-ring (bicyclic) bond motifs is 2. The fourth-order valence-electron chi connectivity index (χ4n) is 3.17. The Kier molecular flexibility index (Phi) is 4.86. The van der Waals surface area contributed by atoms with E-state index in [1.54, 1.807) is 36.4 Å². The molecule has 0 fully saturated rings. The summed E-state index contributed by atoms with van der Waals surface area (Å²) in [6, 6.07) is 21.5. The van der Waals surface area contributed by atoms with Crippen molar-refractivity contribution in [2.75, 3.05) is 5.32 Å². The van der Waals surface area contributed by atoms with Crippen LogP contribution in [-0.4, -0.2) is 16.1 Å². The molecule has 1 amide bonds. The van der Waals surface area contributed by atoms with Crippen molar-refractivity contribution < 1.29 is 9.90 Å². The molecule has 4 aromatic rings. The van der Waals surface area contributed by atoms with Gasteiger partial charge in [0.1, 0.15) is 5.75 Å². The SMILES string of the molecule is O=C(NC(=S)Nc1cccc2cc(O)ccc12)c1cccc2c(Cl)cccc12. The van der Waals surface area contributed by atoms with Crippen molar-refractivity contribution in [3.63, 3.8) is 0 Å². The molecule has 0 spiro atoms. The number of rotatable bonds is 2. The molecule has 0 saturated heterocycles. The Morgan fingerprint density at radius 3 is 2.50 bits per heavy atom. The second-order valence-corrected chi connectivity index (χ2v) is 7.08. The molecule has 28 heavy (non-hydrogen) atoms. The lowest BCUT2D eigenvalue weighted by molar-refractivity contribution is 0.0979. The highest BCUT2D eigenvalue weighted by Gasteiger charge is 2.13. The first kappa shape index (κ1) is 18.2. The average molecular weight is 407 g/mol. The average Bonchev–Trinajstić information content (AvgIpc) is 2.67. The molecule has 4 rings (SSSR count). The highest BCUT2D eigenvalue weighted by atomic mass is 35.5. The molecule has 3 N–H and O–H groups in total. The molecule has 0 saturated carbocycles. The molecule has 0 aliphatic heterocycles. The first-order valence-electron chi connectivity index (χ1n) is 8.54. The van der Waals surface area contributed by atoms with Crippen LogP contribution in [0.4, 0.5) is 5.69 Å². The van der Waals surface area contributed by atoms with Gasteiger partial charge in [-0.05, 0) is 59.4 Å². The fraction of sp³-hybridized carbons (Fsp3) is 0. The van der Waals surface area contributed by atoms with E-state index in [0.29, 0.717) is 10.6 Å². The first-order chi connectivity index (χ1) is 13.5. The monoisotopic (exact) mass is 406 g/mol. The lowest BCUT2D eigenvalue weighted by Crippen LogP contribution is -2.34. The lowest BCUT2D eigenvalue weighted by Gasteiger charge is -2.13. The van der Waals surface area contributed by atoms with E-state index in [9.17, 15) is 9.90 Å². The molecule has 4 nitrogen and oxygen atoms in total. The van der Waals surface area contributed by atoms with Gasteiger partial charge in [-0.1, -0.05) is 48.0 Å². The summed E-state index contributed by atoms with van der Waals surface area (Å²) in [4.78, 5) is 12.8. The summed E-state index contributed by atoms with van der Waals surface area (Å²) in [5.74, 6) is -0.126. The minimum atomic E-state index is -0.316. The summed E-state index contributed by atoms with van der Waals surface area (Å²) in [5.41, 5.74) is 1.23. The molecule has 0 aliphatic carbocycles. The quantitative estimate of drug-likeness (QED) is 0.386. The first-order valence-corrected chi connectivity index (χ1v) is 9.33. The highest BCUT2D eigenvalue weighted by molar-refractivity contribution is 7.80. The predicted octanol–water partition coefficient (Wildman–Crippen LogP) is 5.48. The van der Waals surface area contributed by atoms with Crippen LogP contribution in [0.25, 0.3) is 21.5 Å². The van der Waals surface area contributed by atoms with Crippen molar-refractivity contribution in [1.29, 1.82) is 0 Å². The van der Waals surface area contributed by atoms with Gasteiger partial charge >= 0.3 is 0 Å². The fourth-order valence-corrected chi connectivity index (χ4v) is 3.61. The van der Waals surface area contributed by atoms with Crippen LogP contribution < -0.4 is 10.6 Å². The molecular formula is C22H15ClN2O2S. The topological polar surface area (TPSA) is 61.4 Å². The number of anilines is 1. The zero-order valence-electron chi connectivity index (χ0n) is 14.6. The molecule has 0 bridgehead atoms. The third kappa shape index (κ3) is 3.50. The van der Waals surface area contributed by atoms with E-state index in [4.69, 9.17) is 23.8 Å². The maximum atomic E-state index is 12.8.